The van der Waals surface area contributed by atoms with Crippen molar-refractivity contribution in [2.45, 2.75) is 5.66 Å². The molecular formula is C15H15O3P. The molecule has 2 aromatic rings. The summed E-state index contributed by atoms with van der Waals surface area (Å²) in [6, 6.07) is 15.2. The van der Waals surface area contributed by atoms with Crippen LogP contribution in [0.15, 0.2) is 48.5 Å². The van der Waals surface area contributed by atoms with Crippen molar-refractivity contribution in [2.24, 2.45) is 0 Å². The van der Waals surface area contributed by atoms with Gasteiger partial charge in [0.05, 0.1) is 19.9 Å². The highest BCUT2D eigenvalue weighted by Crippen LogP contribution is 2.35. The predicted octanol–water partition coefficient (Wildman–Crippen LogP) is 4.08. The first kappa shape index (κ1) is 13.6. The molecular weight excluding hydrogens is 259 g/mol. The number of hydrogen-bond acceptors (Lipinski definition) is 3. The molecule has 0 aliphatic heterocycles. The zero-order valence-electron chi connectivity index (χ0n) is 10.9. The second-order valence-corrected chi connectivity index (χ2v) is 4.78. The summed E-state index contributed by atoms with van der Waals surface area (Å²) in [5, 5.41) is 0. The van der Waals surface area contributed by atoms with Gasteiger partial charge in [0.1, 0.15) is 11.5 Å². The van der Waals surface area contributed by atoms with Gasteiger partial charge in [-0.1, -0.05) is 24.3 Å². The number of methoxy groups -OCH3 is 2. The fourth-order valence-electron chi connectivity index (χ4n) is 1.89. The van der Waals surface area contributed by atoms with Gasteiger partial charge in [-0.2, -0.15) is 0 Å². The average Bonchev–Trinajstić information content (AvgIpc) is 2.49. The lowest BCUT2D eigenvalue weighted by atomic mass is 10.0. The highest BCUT2D eigenvalue weighted by Gasteiger charge is 2.14. The maximum atomic E-state index is 11.4. The third kappa shape index (κ3) is 3.12. The second kappa shape index (κ2) is 6.35. The van der Waals surface area contributed by atoms with Crippen molar-refractivity contribution in [2.75, 3.05) is 14.2 Å². The van der Waals surface area contributed by atoms with Gasteiger partial charge in [0.15, 0.2) is 8.46 Å². The van der Waals surface area contributed by atoms with Crippen molar-refractivity contribution in [3.05, 3.63) is 59.7 Å². The van der Waals surface area contributed by atoms with Gasteiger partial charge in [-0.05, 0) is 35.4 Å². The Morgan fingerprint density at radius 1 is 0.789 bits per heavy atom. The topological polar surface area (TPSA) is 35.5 Å². The van der Waals surface area contributed by atoms with E-state index in [4.69, 9.17) is 9.47 Å². The summed E-state index contributed by atoms with van der Waals surface area (Å²) in [4.78, 5) is 0. The Morgan fingerprint density at radius 2 is 1.16 bits per heavy atom. The number of benzene rings is 2. The van der Waals surface area contributed by atoms with Crippen molar-refractivity contribution < 1.29 is 14.0 Å². The van der Waals surface area contributed by atoms with E-state index in [1.54, 1.807) is 14.2 Å². The van der Waals surface area contributed by atoms with Gasteiger partial charge < -0.3 is 9.47 Å². The highest BCUT2D eigenvalue weighted by atomic mass is 31.1. The third-order valence-corrected chi connectivity index (χ3v) is 3.78. The predicted molar refractivity (Wildman–Crippen MR) is 75.4 cm³/mol. The second-order valence-electron chi connectivity index (χ2n) is 4.05. The van der Waals surface area contributed by atoms with Crippen LogP contribution in [0.1, 0.15) is 16.8 Å². The molecule has 3 nitrogen and oxygen atoms in total. The minimum Gasteiger partial charge on any atom is -0.497 e. The van der Waals surface area contributed by atoms with Gasteiger partial charge in [-0.3, -0.25) is 4.57 Å². The Balaban J connectivity index is 2.29. The van der Waals surface area contributed by atoms with Crippen LogP contribution in [0.3, 0.4) is 0 Å². The molecule has 0 N–H and O–H groups in total. The molecule has 0 aliphatic carbocycles. The molecule has 0 bridgehead atoms. The molecule has 0 unspecified atom stereocenters. The normalized spacial score (nSPS) is 10.7. The molecule has 4 heteroatoms. The van der Waals surface area contributed by atoms with E-state index in [9.17, 15) is 4.57 Å². The largest absolute Gasteiger partial charge is 0.497 e. The maximum Gasteiger partial charge on any atom is 0.168 e. The number of ether oxygens (including phenoxy) is 2. The van der Waals surface area contributed by atoms with Gasteiger partial charge in [0.2, 0.25) is 0 Å². The summed E-state index contributed by atoms with van der Waals surface area (Å²) < 4.78 is 21.7. The van der Waals surface area contributed by atoms with E-state index < -0.39 is 0 Å². The molecule has 2 aromatic carbocycles. The summed E-state index contributed by atoms with van der Waals surface area (Å²) in [7, 11) is 3.32. The Kier molecular flexibility index (Phi) is 4.53. The molecule has 0 amide bonds. The molecule has 0 saturated heterocycles. The van der Waals surface area contributed by atoms with Crippen LogP contribution in [0.2, 0.25) is 0 Å². The molecule has 0 aromatic heterocycles. The molecule has 2 rings (SSSR count). The fourth-order valence-corrected chi connectivity index (χ4v) is 2.47. The van der Waals surface area contributed by atoms with E-state index in [1.807, 2.05) is 48.5 Å². The van der Waals surface area contributed by atoms with Crippen LogP contribution in [0.4, 0.5) is 0 Å². The van der Waals surface area contributed by atoms with Crippen LogP contribution < -0.4 is 9.47 Å². The van der Waals surface area contributed by atoms with E-state index in [0.29, 0.717) is 0 Å². The van der Waals surface area contributed by atoms with E-state index >= 15 is 0 Å². The molecule has 0 saturated carbocycles. The molecule has 98 valence electrons. The zero-order chi connectivity index (χ0) is 13.7. The van der Waals surface area contributed by atoms with Crippen LogP contribution in [0.5, 0.6) is 11.5 Å². The van der Waals surface area contributed by atoms with E-state index in [2.05, 4.69) is 0 Å². The van der Waals surface area contributed by atoms with Gasteiger partial charge in [-0.15, -0.1) is 0 Å². The Hall–Kier alpha value is -1.86. The first-order valence-corrected chi connectivity index (χ1v) is 6.77. The lowest BCUT2D eigenvalue weighted by Gasteiger charge is -2.11. The molecule has 0 spiro atoms. The third-order valence-electron chi connectivity index (χ3n) is 2.97. The van der Waals surface area contributed by atoms with Crippen LogP contribution >= 0.6 is 8.46 Å². The molecule has 0 radical (unpaired) electrons. The molecule has 0 aliphatic rings. The quantitative estimate of drug-likeness (QED) is 0.770. The van der Waals surface area contributed by atoms with Crippen LogP contribution in [-0.4, -0.2) is 14.2 Å². The van der Waals surface area contributed by atoms with Crippen molar-refractivity contribution in [3.63, 3.8) is 0 Å². The Labute approximate surface area is 114 Å². The minimum atomic E-state index is -0.170. The Bertz CT molecular complexity index is 487. The number of hydrogen-bond donors (Lipinski definition) is 0. The van der Waals surface area contributed by atoms with Crippen molar-refractivity contribution in [3.8, 4) is 11.5 Å². The Morgan fingerprint density at radius 3 is 1.42 bits per heavy atom. The lowest BCUT2D eigenvalue weighted by molar-refractivity contribution is 0.414. The number of rotatable bonds is 5. The van der Waals surface area contributed by atoms with Crippen LogP contribution in [0.25, 0.3) is 0 Å². The van der Waals surface area contributed by atoms with Gasteiger partial charge in [0.25, 0.3) is 0 Å². The maximum absolute atomic E-state index is 11.4. The average molecular weight is 274 g/mol. The standard InChI is InChI=1S/C15H15O3P/c1-17-13-7-3-11(4-8-13)15(19-16)12-5-9-14(18-2)10-6-12/h3-10,15H,1-2H3. The van der Waals surface area contributed by atoms with Gasteiger partial charge in [0, 0.05) is 0 Å². The van der Waals surface area contributed by atoms with Gasteiger partial charge in [-0.25, -0.2) is 0 Å². The van der Waals surface area contributed by atoms with Crippen LogP contribution in [-0.2, 0) is 4.57 Å². The zero-order valence-corrected chi connectivity index (χ0v) is 11.8. The van der Waals surface area contributed by atoms with E-state index in [1.165, 1.54) is 0 Å². The van der Waals surface area contributed by atoms with E-state index in [-0.39, 0.29) is 14.1 Å². The summed E-state index contributed by atoms with van der Waals surface area (Å²) >= 11 is 0. The van der Waals surface area contributed by atoms with Gasteiger partial charge >= 0.3 is 0 Å². The van der Waals surface area contributed by atoms with Crippen molar-refractivity contribution >= 4 is 8.46 Å². The lowest BCUT2D eigenvalue weighted by Crippen LogP contribution is -1.94. The summed E-state index contributed by atoms with van der Waals surface area (Å²) in [6.45, 7) is 0. The molecule has 0 fully saturated rings. The first-order valence-electron chi connectivity index (χ1n) is 5.89. The molecule has 19 heavy (non-hydrogen) atoms. The minimum absolute atomic E-state index is 0.0692. The first-order chi connectivity index (χ1) is 9.28. The monoisotopic (exact) mass is 274 g/mol. The SMILES string of the molecule is COc1ccc(C(P=O)c2ccc(OC)cc2)cc1. The smallest absolute Gasteiger partial charge is 0.168 e. The molecule has 0 heterocycles. The molecule has 0 atom stereocenters. The van der Waals surface area contributed by atoms with E-state index in [0.717, 1.165) is 22.6 Å². The van der Waals surface area contributed by atoms with Crippen molar-refractivity contribution in [1.29, 1.82) is 0 Å². The summed E-state index contributed by atoms with van der Waals surface area (Å²) in [5.41, 5.74) is 1.81. The highest BCUT2D eigenvalue weighted by molar-refractivity contribution is 7.24. The summed E-state index contributed by atoms with van der Waals surface area (Å²) in [6.07, 6.45) is 0. The van der Waals surface area contributed by atoms with Crippen molar-refractivity contribution in [1.82, 2.24) is 0 Å². The van der Waals surface area contributed by atoms with Crippen LogP contribution in [0, 0.1) is 0 Å². The fraction of sp³-hybridized carbons (Fsp3) is 0.200. The summed E-state index contributed by atoms with van der Waals surface area (Å²) in [5.74, 6) is 1.58.